The highest BCUT2D eigenvalue weighted by Gasteiger charge is 2.08. The fourth-order valence-corrected chi connectivity index (χ4v) is 0.502. The van der Waals surface area contributed by atoms with E-state index in [9.17, 15) is 4.79 Å². The van der Waals surface area contributed by atoms with E-state index in [2.05, 4.69) is 0 Å². The molecule has 1 atom stereocenters. The number of carbonyl (C=O) groups is 1. The third-order valence-electron chi connectivity index (χ3n) is 0.977. The Kier molecular flexibility index (Phi) is 3.91. The number of hydrogen-bond acceptors (Lipinski definition) is 3. The van der Waals surface area contributed by atoms with Gasteiger partial charge in [0.2, 0.25) is 0 Å². The van der Waals surface area contributed by atoms with E-state index in [-0.39, 0.29) is 0 Å². The Morgan fingerprint density at radius 1 is 1.60 bits per heavy atom. The van der Waals surface area contributed by atoms with Crippen LogP contribution in [0.3, 0.4) is 0 Å². The van der Waals surface area contributed by atoms with Crippen LogP contribution >= 0.6 is 0 Å². The number of ketones is 1. The van der Waals surface area contributed by atoms with E-state index in [1.54, 1.807) is 13.8 Å². The molecule has 3 nitrogen and oxygen atoms in total. The molecule has 10 heavy (non-hydrogen) atoms. The zero-order valence-corrected chi connectivity index (χ0v) is 6.16. The Balaban J connectivity index is 3.96. The van der Waals surface area contributed by atoms with E-state index in [0.29, 0.717) is 0 Å². The Morgan fingerprint density at radius 2 is 2.10 bits per heavy atom. The van der Waals surface area contributed by atoms with Crippen molar-refractivity contribution in [3.8, 4) is 0 Å². The van der Waals surface area contributed by atoms with Crippen molar-refractivity contribution < 1.29 is 15.0 Å². The number of aliphatic hydroxyl groups is 2. The fraction of sp³-hybridized carbons (Fsp3) is 0.571. The maximum Gasteiger partial charge on any atom is 0.190 e. The molecule has 0 fully saturated rings. The van der Waals surface area contributed by atoms with Gasteiger partial charge in [0.15, 0.2) is 5.78 Å². The summed E-state index contributed by atoms with van der Waals surface area (Å²) >= 11 is 0. The lowest BCUT2D eigenvalue weighted by atomic mass is 10.2. The molecule has 0 heterocycles. The average Bonchev–Trinajstić information content (AvgIpc) is 1.85. The van der Waals surface area contributed by atoms with Gasteiger partial charge in [0, 0.05) is 0 Å². The van der Waals surface area contributed by atoms with Gasteiger partial charge in [0.05, 0.1) is 0 Å². The summed E-state index contributed by atoms with van der Waals surface area (Å²) < 4.78 is 0. The van der Waals surface area contributed by atoms with Gasteiger partial charge >= 0.3 is 0 Å². The molecule has 0 radical (unpaired) electrons. The lowest BCUT2D eigenvalue weighted by Crippen LogP contribution is -2.21. The van der Waals surface area contributed by atoms with Crippen LogP contribution in [0, 0.1) is 0 Å². The quantitative estimate of drug-likeness (QED) is 0.543. The van der Waals surface area contributed by atoms with E-state index in [4.69, 9.17) is 10.2 Å². The summed E-state index contributed by atoms with van der Waals surface area (Å²) in [4.78, 5) is 10.5. The zero-order chi connectivity index (χ0) is 8.15. The number of rotatable bonds is 3. The molecule has 0 saturated heterocycles. The molecule has 0 aliphatic heterocycles. The molecular weight excluding hydrogens is 132 g/mol. The summed E-state index contributed by atoms with van der Waals surface area (Å²) in [6.45, 7) is 2.94. The Labute approximate surface area is 60.0 Å². The molecule has 2 N–H and O–H groups in total. The second-order valence-corrected chi connectivity index (χ2v) is 2.31. The SMILES string of the molecule is CC(C)=CC(O)C(=O)CO. The molecule has 0 spiro atoms. The number of allylic oxidation sites excluding steroid dienone is 1. The van der Waals surface area contributed by atoms with Crippen LogP contribution in [0.25, 0.3) is 0 Å². The number of Topliss-reactive ketones (excluding diaryl/α,β-unsaturated/α-hetero) is 1. The lowest BCUT2D eigenvalue weighted by molar-refractivity contribution is -0.127. The first-order valence-electron chi connectivity index (χ1n) is 3.04. The van der Waals surface area contributed by atoms with Crippen molar-refractivity contribution in [2.75, 3.05) is 6.61 Å². The molecule has 0 saturated carbocycles. The van der Waals surface area contributed by atoms with Gasteiger partial charge in [0.25, 0.3) is 0 Å². The highest BCUT2D eigenvalue weighted by Crippen LogP contribution is 1.94. The minimum atomic E-state index is -1.14. The smallest absolute Gasteiger partial charge is 0.190 e. The molecule has 3 heteroatoms. The van der Waals surface area contributed by atoms with Gasteiger partial charge in [-0.05, 0) is 13.8 Å². The summed E-state index contributed by atoms with van der Waals surface area (Å²) in [7, 11) is 0. The van der Waals surface area contributed by atoms with Crippen molar-refractivity contribution in [1.82, 2.24) is 0 Å². The summed E-state index contributed by atoms with van der Waals surface area (Å²) in [5.74, 6) is -0.568. The van der Waals surface area contributed by atoms with Crippen LogP contribution in [0.15, 0.2) is 11.6 Å². The largest absolute Gasteiger partial charge is 0.388 e. The van der Waals surface area contributed by atoms with Crippen LogP contribution < -0.4 is 0 Å². The molecule has 0 aromatic heterocycles. The maximum absolute atomic E-state index is 10.5. The first-order valence-corrected chi connectivity index (χ1v) is 3.04. The molecule has 0 aliphatic rings. The summed E-state index contributed by atoms with van der Waals surface area (Å²) in [5, 5.41) is 17.2. The minimum Gasteiger partial charge on any atom is -0.388 e. The summed E-state index contributed by atoms with van der Waals surface area (Å²) in [5.41, 5.74) is 0.856. The molecule has 0 aromatic rings. The zero-order valence-electron chi connectivity index (χ0n) is 6.16. The van der Waals surface area contributed by atoms with Crippen LogP contribution in [-0.4, -0.2) is 28.7 Å². The van der Waals surface area contributed by atoms with Gasteiger partial charge in [-0.2, -0.15) is 0 Å². The Hall–Kier alpha value is -0.670. The van der Waals surface area contributed by atoms with E-state index >= 15 is 0 Å². The second kappa shape index (κ2) is 4.19. The number of aliphatic hydroxyl groups excluding tert-OH is 2. The van der Waals surface area contributed by atoms with E-state index in [1.165, 1.54) is 6.08 Å². The first-order chi connectivity index (χ1) is 4.57. The molecule has 0 rings (SSSR count). The van der Waals surface area contributed by atoms with Gasteiger partial charge < -0.3 is 10.2 Å². The average molecular weight is 144 g/mol. The number of hydrogen-bond donors (Lipinski definition) is 2. The topological polar surface area (TPSA) is 57.5 Å². The van der Waals surface area contributed by atoms with Gasteiger partial charge in [-0.3, -0.25) is 4.79 Å². The van der Waals surface area contributed by atoms with Gasteiger partial charge in [-0.15, -0.1) is 0 Å². The standard InChI is InChI=1S/C7H12O3/c1-5(2)3-6(9)7(10)4-8/h3,6,8-9H,4H2,1-2H3. The van der Waals surface area contributed by atoms with Gasteiger partial charge in [0.1, 0.15) is 12.7 Å². The Bertz CT molecular complexity index is 145. The van der Waals surface area contributed by atoms with Crippen molar-refractivity contribution in [2.24, 2.45) is 0 Å². The molecule has 0 bridgehead atoms. The highest BCUT2D eigenvalue weighted by molar-refractivity contribution is 5.85. The summed E-state index contributed by atoms with van der Waals surface area (Å²) in [6.07, 6.45) is 0.258. The predicted molar refractivity (Wildman–Crippen MR) is 37.5 cm³/mol. The van der Waals surface area contributed by atoms with E-state index in [0.717, 1.165) is 5.57 Å². The van der Waals surface area contributed by atoms with Crippen LogP contribution in [0.4, 0.5) is 0 Å². The Morgan fingerprint density at radius 3 is 2.40 bits per heavy atom. The van der Waals surface area contributed by atoms with Crippen LogP contribution in [0.2, 0.25) is 0 Å². The van der Waals surface area contributed by atoms with Crippen molar-refractivity contribution in [3.05, 3.63) is 11.6 Å². The van der Waals surface area contributed by atoms with Crippen molar-refractivity contribution in [2.45, 2.75) is 20.0 Å². The molecule has 1 unspecified atom stereocenters. The molecule has 0 amide bonds. The first kappa shape index (κ1) is 9.33. The van der Waals surface area contributed by atoms with E-state index in [1.807, 2.05) is 0 Å². The molecule has 0 aliphatic carbocycles. The third kappa shape index (κ3) is 3.37. The second-order valence-electron chi connectivity index (χ2n) is 2.31. The predicted octanol–water partition coefficient (Wildman–Crippen LogP) is -0.125. The lowest BCUT2D eigenvalue weighted by Gasteiger charge is -2.00. The van der Waals surface area contributed by atoms with Crippen LogP contribution in [-0.2, 0) is 4.79 Å². The molecular formula is C7H12O3. The van der Waals surface area contributed by atoms with Crippen molar-refractivity contribution >= 4 is 5.78 Å². The highest BCUT2D eigenvalue weighted by atomic mass is 16.3. The number of carbonyl (C=O) groups excluding carboxylic acids is 1. The minimum absolute atomic E-state index is 0.568. The molecule has 0 aromatic carbocycles. The third-order valence-corrected chi connectivity index (χ3v) is 0.977. The van der Waals surface area contributed by atoms with Crippen molar-refractivity contribution in [3.63, 3.8) is 0 Å². The normalized spacial score (nSPS) is 12.4. The van der Waals surface area contributed by atoms with E-state index < -0.39 is 18.5 Å². The van der Waals surface area contributed by atoms with Crippen molar-refractivity contribution in [1.29, 1.82) is 0 Å². The van der Waals surface area contributed by atoms with Crippen LogP contribution in [0.1, 0.15) is 13.8 Å². The fourth-order valence-electron chi connectivity index (χ4n) is 0.502. The molecule has 58 valence electrons. The monoisotopic (exact) mass is 144 g/mol. The van der Waals surface area contributed by atoms with Crippen LogP contribution in [0.5, 0.6) is 0 Å². The van der Waals surface area contributed by atoms with Gasteiger partial charge in [-0.25, -0.2) is 0 Å². The summed E-state index contributed by atoms with van der Waals surface area (Å²) in [6, 6.07) is 0. The van der Waals surface area contributed by atoms with Gasteiger partial charge in [-0.1, -0.05) is 11.6 Å². The maximum atomic E-state index is 10.5.